The van der Waals surface area contributed by atoms with Gasteiger partial charge in [-0.2, -0.15) is 20.2 Å². The molecule has 5 N–H and O–H groups in total. The molecule has 1 aliphatic carbocycles. The molecule has 0 radical (unpaired) electrons. The highest BCUT2D eigenvalue weighted by atomic mass is 32.2. The molecule has 1 fully saturated rings. The quantitative estimate of drug-likeness (QED) is 0.662. The van der Waals surface area contributed by atoms with Crippen LogP contribution in [0.25, 0.3) is 0 Å². The van der Waals surface area contributed by atoms with E-state index in [0.717, 1.165) is 24.6 Å². The van der Waals surface area contributed by atoms with Gasteiger partial charge in [-0.25, -0.2) is 0 Å². The first-order valence-electron chi connectivity index (χ1n) is 6.15. The number of amides is 1. The summed E-state index contributed by atoms with van der Waals surface area (Å²) in [5, 5.41) is 12.3. The monoisotopic (exact) mass is 293 g/mol. The summed E-state index contributed by atoms with van der Waals surface area (Å²) in [5.74, 6) is -0.0860. The Morgan fingerprint density at radius 3 is 2.45 bits per heavy atom. The summed E-state index contributed by atoms with van der Waals surface area (Å²) in [6.45, 7) is 0. The maximum absolute atomic E-state index is 11.9. The standard InChI is InChI=1S/C11H15N7OS/c12-6-11(3-1-2-4-11)18-7(19)5-20-10-16-8(13)15-9(14)17-10/h1-5H2,(H,18,19)(H4,13,14,15,16,17). The number of anilines is 2. The van der Waals surface area contributed by atoms with Gasteiger partial charge < -0.3 is 16.8 Å². The molecule has 0 bridgehead atoms. The zero-order valence-corrected chi connectivity index (χ0v) is 11.6. The van der Waals surface area contributed by atoms with Gasteiger partial charge in [0.1, 0.15) is 5.54 Å². The Hall–Kier alpha value is -2.08. The second-order valence-electron chi connectivity index (χ2n) is 4.57. The number of nitrogens with zero attached hydrogens (tertiary/aromatic N) is 4. The van der Waals surface area contributed by atoms with Crippen molar-refractivity contribution in [1.29, 1.82) is 5.26 Å². The van der Waals surface area contributed by atoms with Crippen LogP contribution in [-0.2, 0) is 4.79 Å². The summed E-state index contributed by atoms with van der Waals surface area (Å²) in [5.41, 5.74) is 10.2. The Labute approximate surface area is 120 Å². The normalized spacial score (nSPS) is 16.6. The summed E-state index contributed by atoms with van der Waals surface area (Å²) < 4.78 is 0. The molecule has 106 valence electrons. The summed E-state index contributed by atoms with van der Waals surface area (Å²) in [4.78, 5) is 23.3. The lowest BCUT2D eigenvalue weighted by atomic mass is 10.0. The van der Waals surface area contributed by atoms with Crippen LogP contribution < -0.4 is 16.8 Å². The SMILES string of the molecule is N#CC1(NC(=O)CSc2nc(N)nc(N)n2)CCCC1. The zero-order chi connectivity index (χ0) is 14.6. The van der Waals surface area contributed by atoms with Gasteiger partial charge in [0.05, 0.1) is 11.8 Å². The molecule has 0 aromatic carbocycles. The fourth-order valence-corrected chi connectivity index (χ4v) is 2.78. The smallest absolute Gasteiger partial charge is 0.231 e. The summed E-state index contributed by atoms with van der Waals surface area (Å²) in [6.07, 6.45) is 3.32. The van der Waals surface area contributed by atoms with E-state index < -0.39 is 5.54 Å². The van der Waals surface area contributed by atoms with Gasteiger partial charge in [-0.1, -0.05) is 11.8 Å². The van der Waals surface area contributed by atoms with E-state index in [4.69, 9.17) is 11.5 Å². The first kappa shape index (κ1) is 14.3. The molecular formula is C11H15N7OS. The Bertz CT molecular complexity index is 530. The number of rotatable bonds is 4. The second-order valence-corrected chi connectivity index (χ2v) is 5.51. The number of hydrogen-bond acceptors (Lipinski definition) is 8. The summed E-state index contributed by atoms with van der Waals surface area (Å²) in [6, 6.07) is 2.20. The van der Waals surface area contributed by atoms with Gasteiger partial charge in [-0.05, 0) is 25.7 Å². The Kier molecular flexibility index (Phi) is 4.24. The van der Waals surface area contributed by atoms with Crippen molar-refractivity contribution in [3.8, 4) is 6.07 Å². The van der Waals surface area contributed by atoms with Crippen LogP contribution in [0.15, 0.2) is 5.16 Å². The fraction of sp³-hybridized carbons (Fsp3) is 0.545. The lowest BCUT2D eigenvalue weighted by Crippen LogP contribution is -2.45. The third-order valence-electron chi connectivity index (χ3n) is 3.03. The van der Waals surface area contributed by atoms with E-state index in [0.29, 0.717) is 18.0 Å². The molecule has 1 heterocycles. The second kappa shape index (κ2) is 5.92. The van der Waals surface area contributed by atoms with Crippen LogP contribution in [0.5, 0.6) is 0 Å². The lowest BCUT2D eigenvalue weighted by molar-refractivity contribution is -0.119. The number of thioether (sulfide) groups is 1. The molecule has 1 amide bonds. The van der Waals surface area contributed by atoms with Crippen molar-refractivity contribution < 1.29 is 4.79 Å². The minimum Gasteiger partial charge on any atom is -0.368 e. The van der Waals surface area contributed by atoms with Gasteiger partial charge in [0.15, 0.2) is 5.16 Å². The van der Waals surface area contributed by atoms with Crippen LogP contribution in [0.4, 0.5) is 11.9 Å². The third kappa shape index (κ3) is 3.48. The molecule has 0 unspecified atom stereocenters. The van der Waals surface area contributed by atoms with Crippen LogP contribution in [0.3, 0.4) is 0 Å². The molecule has 0 spiro atoms. The highest BCUT2D eigenvalue weighted by Crippen LogP contribution is 2.29. The minimum absolute atomic E-state index is 0.0182. The molecule has 8 nitrogen and oxygen atoms in total. The van der Waals surface area contributed by atoms with Gasteiger partial charge in [0, 0.05) is 0 Å². The van der Waals surface area contributed by atoms with Crippen molar-refractivity contribution in [3.05, 3.63) is 0 Å². The topological polar surface area (TPSA) is 144 Å². The largest absolute Gasteiger partial charge is 0.368 e. The van der Waals surface area contributed by atoms with E-state index in [-0.39, 0.29) is 23.6 Å². The van der Waals surface area contributed by atoms with Crippen molar-refractivity contribution in [1.82, 2.24) is 20.3 Å². The molecule has 2 rings (SSSR count). The number of carbonyl (C=O) groups excluding carboxylic acids is 1. The Morgan fingerprint density at radius 1 is 1.30 bits per heavy atom. The van der Waals surface area contributed by atoms with E-state index in [9.17, 15) is 10.1 Å². The zero-order valence-electron chi connectivity index (χ0n) is 10.8. The van der Waals surface area contributed by atoms with Crippen molar-refractivity contribution in [2.24, 2.45) is 0 Å². The first-order valence-corrected chi connectivity index (χ1v) is 7.14. The van der Waals surface area contributed by atoms with E-state index in [1.54, 1.807) is 0 Å². The number of nitriles is 1. The van der Waals surface area contributed by atoms with Crippen LogP contribution >= 0.6 is 11.8 Å². The van der Waals surface area contributed by atoms with E-state index in [1.807, 2.05) is 0 Å². The molecule has 0 saturated heterocycles. The Balaban J connectivity index is 1.90. The van der Waals surface area contributed by atoms with Gasteiger partial charge >= 0.3 is 0 Å². The van der Waals surface area contributed by atoms with E-state index in [1.165, 1.54) is 0 Å². The fourth-order valence-electron chi connectivity index (χ4n) is 2.13. The minimum atomic E-state index is -0.713. The van der Waals surface area contributed by atoms with Crippen molar-refractivity contribution in [3.63, 3.8) is 0 Å². The number of carbonyl (C=O) groups is 1. The van der Waals surface area contributed by atoms with E-state index in [2.05, 4.69) is 26.3 Å². The predicted octanol–water partition coefficient (Wildman–Crippen LogP) is 0.0807. The maximum atomic E-state index is 11.9. The van der Waals surface area contributed by atoms with Crippen molar-refractivity contribution in [2.75, 3.05) is 17.2 Å². The van der Waals surface area contributed by atoms with Crippen LogP contribution in [0.1, 0.15) is 25.7 Å². The average Bonchev–Trinajstić information content (AvgIpc) is 2.84. The molecule has 0 aliphatic heterocycles. The van der Waals surface area contributed by atoms with Gasteiger partial charge in [-0.3, -0.25) is 4.79 Å². The number of hydrogen-bond donors (Lipinski definition) is 3. The molecule has 1 saturated carbocycles. The highest BCUT2D eigenvalue weighted by molar-refractivity contribution is 7.99. The third-order valence-corrected chi connectivity index (χ3v) is 3.88. The van der Waals surface area contributed by atoms with Crippen LogP contribution in [0, 0.1) is 11.3 Å². The van der Waals surface area contributed by atoms with E-state index >= 15 is 0 Å². The number of nitrogens with one attached hydrogen (secondary N) is 1. The highest BCUT2D eigenvalue weighted by Gasteiger charge is 2.35. The number of aromatic nitrogens is 3. The van der Waals surface area contributed by atoms with Gasteiger partial charge in [0.25, 0.3) is 0 Å². The Morgan fingerprint density at radius 2 is 1.90 bits per heavy atom. The lowest BCUT2D eigenvalue weighted by Gasteiger charge is -2.21. The molecule has 1 aromatic rings. The van der Waals surface area contributed by atoms with Crippen molar-refractivity contribution >= 4 is 29.6 Å². The number of nitrogens with two attached hydrogens (primary N) is 2. The number of nitrogen functional groups attached to an aromatic ring is 2. The predicted molar refractivity (Wildman–Crippen MR) is 74.3 cm³/mol. The molecule has 0 atom stereocenters. The summed E-state index contributed by atoms with van der Waals surface area (Å²) >= 11 is 1.11. The first-order chi connectivity index (χ1) is 9.53. The molecule has 9 heteroatoms. The molecule has 1 aromatic heterocycles. The van der Waals surface area contributed by atoms with Crippen LogP contribution in [-0.4, -0.2) is 32.2 Å². The van der Waals surface area contributed by atoms with Gasteiger partial charge in [0.2, 0.25) is 17.8 Å². The molecule has 20 heavy (non-hydrogen) atoms. The van der Waals surface area contributed by atoms with Crippen molar-refractivity contribution in [2.45, 2.75) is 36.4 Å². The average molecular weight is 293 g/mol. The molecular weight excluding hydrogens is 278 g/mol. The maximum Gasteiger partial charge on any atom is 0.231 e. The molecule has 1 aliphatic rings. The van der Waals surface area contributed by atoms with Gasteiger partial charge in [-0.15, -0.1) is 0 Å². The van der Waals surface area contributed by atoms with Crippen LogP contribution in [0.2, 0.25) is 0 Å². The summed E-state index contributed by atoms with van der Waals surface area (Å²) in [7, 11) is 0.